The summed E-state index contributed by atoms with van der Waals surface area (Å²) in [6.45, 7) is 5.26. The summed E-state index contributed by atoms with van der Waals surface area (Å²) in [7, 11) is -3.20. The number of esters is 1. The predicted octanol–water partition coefficient (Wildman–Crippen LogP) is 0.604. The topological polar surface area (TPSA) is 86.5 Å². The van der Waals surface area contributed by atoms with Crippen molar-refractivity contribution in [3.63, 3.8) is 0 Å². The molecule has 5 nitrogen and oxygen atoms in total. The minimum atomic E-state index is -3.20. The first-order chi connectivity index (χ1) is 6.99. The van der Waals surface area contributed by atoms with Crippen LogP contribution in [0.3, 0.4) is 0 Å². The van der Waals surface area contributed by atoms with E-state index < -0.39 is 27.4 Å². The van der Waals surface area contributed by atoms with Crippen molar-refractivity contribution in [2.45, 2.75) is 38.8 Å². The van der Waals surface area contributed by atoms with Gasteiger partial charge >= 0.3 is 5.97 Å². The van der Waals surface area contributed by atoms with Crippen LogP contribution in [-0.4, -0.2) is 32.3 Å². The summed E-state index contributed by atoms with van der Waals surface area (Å²) in [6.07, 6.45) is 2.30. The molecular weight excluding hydrogens is 230 g/mol. The molecule has 0 bridgehead atoms. The second-order valence-corrected chi connectivity index (χ2v) is 6.54. The lowest BCUT2D eigenvalue weighted by molar-refractivity contribution is -0.154. The number of rotatable bonds is 4. The van der Waals surface area contributed by atoms with Gasteiger partial charge in [0.15, 0.2) is 9.84 Å². The molecule has 0 aromatic carbocycles. The van der Waals surface area contributed by atoms with Gasteiger partial charge in [0.2, 0.25) is 0 Å². The van der Waals surface area contributed by atoms with Crippen LogP contribution in [0.5, 0.6) is 0 Å². The van der Waals surface area contributed by atoms with Gasteiger partial charge < -0.3 is 10.5 Å². The number of nitrogens with two attached hydrogens (primary N) is 1. The van der Waals surface area contributed by atoms with Crippen LogP contribution >= 0.6 is 0 Å². The highest BCUT2D eigenvalue weighted by Gasteiger charge is 2.17. The zero-order chi connectivity index (χ0) is 13.0. The fourth-order valence-electron chi connectivity index (χ4n) is 0.887. The smallest absolute Gasteiger partial charge is 0.308 e. The fourth-order valence-corrected chi connectivity index (χ4v) is 1.37. The molecular formula is C10H19NO4S. The van der Waals surface area contributed by atoms with Crippen molar-refractivity contribution in [3.05, 3.63) is 11.5 Å². The van der Waals surface area contributed by atoms with E-state index in [-0.39, 0.29) is 6.42 Å². The number of hydrogen-bond donors (Lipinski definition) is 1. The molecule has 0 saturated heterocycles. The quantitative estimate of drug-likeness (QED) is 0.737. The molecule has 1 unspecified atom stereocenters. The molecule has 0 aliphatic carbocycles. The standard InChI is InChI=1S/C10H19NO4S/c1-10(2,3)15-9(12)7-8(11)5-6-16(4,13)14/h5-6,8H,7,11H2,1-4H3. The van der Waals surface area contributed by atoms with Crippen molar-refractivity contribution in [2.75, 3.05) is 6.26 Å². The van der Waals surface area contributed by atoms with Gasteiger partial charge in [0.1, 0.15) is 5.60 Å². The van der Waals surface area contributed by atoms with E-state index in [2.05, 4.69) is 0 Å². The van der Waals surface area contributed by atoms with Crippen LogP contribution in [0.25, 0.3) is 0 Å². The van der Waals surface area contributed by atoms with Crippen LogP contribution < -0.4 is 5.73 Å². The van der Waals surface area contributed by atoms with Gasteiger partial charge in [-0.15, -0.1) is 0 Å². The van der Waals surface area contributed by atoms with Gasteiger partial charge in [-0.05, 0) is 20.8 Å². The first kappa shape index (κ1) is 15.1. The number of carbonyl (C=O) groups is 1. The van der Waals surface area contributed by atoms with Crippen molar-refractivity contribution < 1.29 is 17.9 Å². The number of carbonyl (C=O) groups excluding carboxylic acids is 1. The highest BCUT2D eigenvalue weighted by Crippen LogP contribution is 2.09. The van der Waals surface area contributed by atoms with Crippen molar-refractivity contribution in [3.8, 4) is 0 Å². The van der Waals surface area contributed by atoms with E-state index in [1.54, 1.807) is 20.8 Å². The third-order valence-corrected chi connectivity index (χ3v) is 2.05. The second kappa shape index (κ2) is 5.45. The molecule has 16 heavy (non-hydrogen) atoms. The molecule has 0 aromatic heterocycles. The van der Waals surface area contributed by atoms with Crippen molar-refractivity contribution in [2.24, 2.45) is 5.73 Å². The molecule has 0 fully saturated rings. The maximum atomic E-state index is 11.3. The van der Waals surface area contributed by atoms with E-state index in [9.17, 15) is 13.2 Å². The van der Waals surface area contributed by atoms with E-state index in [1.165, 1.54) is 6.08 Å². The van der Waals surface area contributed by atoms with Crippen LogP contribution in [-0.2, 0) is 19.4 Å². The highest BCUT2D eigenvalue weighted by molar-refractivity contribution is 7.93. The van der Waals surface area contributed by atoms with Crippen LogP contribution in [0, 0.1) is 0 Å². The van der Waals surface area contributed by atoms with Crippen molar-refractivity contribution in [1.29, 1.82) is 0 Å². The molecule has 94 valence electrons. The summed E-state index contributed by atoms with van der Waals surface area (Å²) in [5, 5.41) is 0.988. The number of hydrogen-bond acceptors (Lipinski definition) is 5. The second-order valence-electron chi connectivity index (χ2n) is 4.61. The maximum absolute atomic E-state index is 11.3. The van der Waals surface area contributed by atoms with Crippen molar-refractivity contribution in [1.82, 2.24) is 0 Å². The lowest BCUT2D eigenvalue weighted by Crippen LogP contribution is -2.29. The molecule has 0 aromatic rings. The van der Waals surface area contributed by atoms with E-state index in [0.717, 1.165) is 11.7 Å². The highest BCUT2D eigenvalue weighted by atomic mass is 32.2. The van der Waals surface area contributed by atoms with Crippen LogP contribution in [0.15, 0.2) is 11.5 Å². The first-order valence-electron chi connectivity index (χ1n) is 4.85. The SMILES string of the molecule is CC(C)(C)OC(=O)CC(N)C=CS(C)(=O)=O. The van der Waals surface area contributed by atoms with Crippen LogP contribution in [0.1, 0.15) is 27.2 Å². The minimum Gasteiger partial charge on any atom is -0.460 e. The van der Waals surface area contributed by atoms with Crippen molar-refractivity contribution >= 4 is 15.8 Å². The normalized spacial score (nSPS) is 15.1. The Bertz CT molecular complexity index is 365. The van der Waals surface area contributed by atoms with E-state index in [4.69, 9.17) is 10.5 Å². The average molecular weight is 249 g/mol. The fraction of sp³-hybridized carbons (Fsp3) is 0.700. The van der Waals surface area contributed by atoms with E-state index >= 15 is 0 Å². The molecule has 6 heteroatoms. The molecule has 0 heterocycles. The van der Waals surface area contributed by atoms with Crippen LogP contribution in [0.4, 0.5) is 0 Å². The summed E-state index contributed by atoms with van der Waals surface area (Å²) in [5.41, 5.74) is 4.99. The lowest BCUT2D eigenvalue weighted by atomic mass is 10.2. The summed E-state index contributed by atoms with van der Waals surface area (Å²) >= 11 is 0. The van der Waals surface area contributed by atoms with Gasteiger partial charge in [0.05, 0.1) is 6.42 Å². The summed E-state index contributed by atoms with van der Waals surface area (Å²) in [5.74, 6) is -0.446. The number of sulfone groups is 1. The molecule has 0 radical (unpaired) electrons. The Labute approximate surface area is 96.6 Å². The molecule has 0 rings (SSSR count). The molecule has 0 aliphatic heterocycles. The van der Waals surface area contributed by atoms with E-state index in [1.807, 2.05) is 0 Å². The van der Waals surface area contributed by atoms with Gasteiger partial charge in [0, 0.05) is 17.7 Å². The molecule has 0 aliphatic rings. The molecule has 0 saturated carbocycles. The summed E-state index contributed by atoms with van der Waals surface area (Å²) < 4.78 is 26.6. The third kappa shape index (κ3) is 9.67. The maximum Gasteiger partial charge on any atom is 0.308 e. The van der Waals surface area contributed by atoms with Crippen LogP contribution in [0.2, 0.25) is 0 Å². The lowest BCUT2D eigenvalue weighted by Gasteiger charge is -2.20. The number of ether oxygens (including phenoxy) is 1. The van der Waals surface area contributed by atoms with Gasteiger partial charge in [-0.1, -0.05) is 6.08 Å². The third-order valence-electron chi connectivity index (χ3n) is 1.40. The Balaban J connectivity index is 4.22. The zero-order valence-corrected chi connectivity index (χ0v) is 10.9. The van der Waals surface area contributed by atoms with Gasteiger partial charge in [0.25, 0.3) is 0 Å². The van der Waals surface area contributed by atoms with Gasteiger partial charge in [-0.3, -0.25) is 4.79 Å². The summed E-state index contributed by atoms with van der Waals surface area (Å²) in [6, 6.07) is -0.649. The molecule has 2 N–H and O–H groups in total. The Hall–Kier alpha value is -0.880. The Morgan fingerprint density at radius 3 is 2.31 bits per heavy atom. The predicted molar refractivity (Wildman–Crippen MR) is 62.4 cm³/mol. The average Bonchev–Trinajstić information content (AvgIpc) is 1.95. The van der Waals surface area contributed by atoms with Gasteiger partial charge in [-0.2, -0.15) is 0 Å². The van der Waals surface area contributed by atoms with Gasteiger partial charge in [-0.25, -0.2) is 8.42 Å². The minimum absolute atomic E-state index is 0.0384. The monoisotopic (exact) mass is 249 g/mol. The Morgan fingerprint density at radius 1 is 1.44 bits per heavy atom. The summed E-state index contributed by atoms with van der Waals surface area (Å²) in [4.78, 5) is 11.3. The zero-order valence-electron chi connectivity index (χ0n) is 10.1. The first-order valence-corrected chi connectivity index (χ1v) is 6.81. The van der Waals surface area contributed by atoms with E-state index in [0.29, 0.717) is 0 Å². The Morgan fingerprint density at radius 2 is 1.94 bits per heavy atom. The Kier molecular flexibility index (Phi) is 5.15. The largest absolute Gasteiger partial charge is 0.460 e. The molecule has 0 spiro atoms. The molecule has 1 atom stereocenters. The molecule has 0 amide bonds.